The van der Waals surface area contributed by atoms with E-state index in [1.807, 2.05) is 47.3 Å². The van der Waals surface area contributed by atoms with E-state index in [9.17, 15) is 9.59 Å². The third-order valence-electron chi connectivity index (χ3n) is 8.00. The second-order valence-corrected chi connectivity index (χ2v) is 10.1. The summed E-state index contributed by atoms with van der Waals surface area (Å²) in [6.07, 6.45) is 11.2. The molecule has 7 rings (SSSR count). The molecule has 0 saturated carbocycles. The zero-order chi connectivity index (χ0) is 24.9. The molecule has 0 saturated heterocycles. The molecule has 0 N–H and O–H groups in total. The molecule has 0 bridgehead atoms. The van der Waals surface area contributed by atoms with Crippen molar-refractivity contribution in [3.05, 3.63) is 130 Å². The fraction of sp³-hybridized carbons (Fsp3) is 0.147. The second-order valence-electron chi connectivity index (χ2n) is 10.1. The van der Waals surface area contributed by atoms with Crippen LogP contribution in [0.5, 0.6) is 0 Å². The summed E-state index contributed by atoms with van der Waals surface area (Å²) in [5.41, 5.74) is 7.63. The highest BCUT2D eigenvalue weighted by molar-refractivity contribution is 6.11. The van der Waals surface area contributed by atoms with Crippen LogP contribution in [0, 0.1) is 0 Å². The minimum Gasteiger partial charge on any atom is -0.289 e. The number of nitrogens with zero attached hydrogens (tertiary/aromatic N) is 1. The lowest BCUT2D eigenvalue weighted by atomic mass is 9.97. The van der Waals surface area contributed by atoms with E-state index in [0.29, 0.717) is 6.54 Å². The van der Waals surface area contributed by atoms with Crippen LogP contribution in [0.1, 0.15) is 48.5 Å². The zero-order valence-corrected chi connectivity index (χ0v) is 20.5. The van der Waals surface area contributed by atoms with Gasteiger partial charge in [0.15, 0.2) is 18.2 Å². The number of aromatic nitrogens is 1. The van der Waals surface area contributed by atoms with E-state index in [1.165, 1.54) is 43.8 Å². The van der Waals surface area contributed by atoms with E-state index in [4.69, 9.17) is 0 Å². The SMILES string of the molecule is O=C(/C=C/c1cc[n+](CC(=O)c2ccc3cccc4c3c2CC4)cc1)c1ccc2cccc3c2c1CC3. The third-order valence-corrected chi connectivity index (χ3v) is 8.00. The van der Waals surface area contributed by atoms with Crippen molar-refractivity contribution in [1.82, 2.24) is 0 Å². The quantitative estimate of drug-likeness (QED) is 0.164. The molecule has 178 valence electrons. The molecule has 2 aliphatic rings. The average Bonchev–Trinajstić information content (AvgIpc) is 3.56. The van der Waals surface area contributed by atoms with E-state index in [0.717, 1.165) is 42.4 Å². The van der Waals surface area contributed by atoms with E-state index in [-0.39, 0.29) is 11.6 Å². The number of carbonyl (C=O) groups is 2. The Morgan fingerprint density at radius 3 is 1.92 bits per heavy atom. The van der Waals surface area contributed by atoms with Crippen LogP contribution in [0.25, 0.3) is 27.6 Å². The van der Waals surface area contributed by atoms with Gasteiger partial charge in [0.1, 0.15) is 0 Å². The predicted octanol–water partition coefficient (Wildman–Crippen LogP) is 6.26. The van der Waals surface area contributed by atoms with E-state index < -0.39 is 0 Å². The van der Waals surface area contributed by atoms with E-state index in [2.05, 4.69) is 48.5 Å². The van der Waals surface area contributed by atoms with Crippen molar-refractivity contribution in [3.8, 4) is 0 Å². The summed E-state index contributed by atoms with van der Waals surface area (Å²) < 4.78 is 1.91. The highest BCUT2D eigenvalue weighted by atomic mass is 16.1. The summed E-state index contributed by atoms with van der Waals surface area (Å²) >= 11 is 0. The Hall–Kier alpha value is -4.37. The van der Waals surface area contributed by atoms with Crippen molar-refractivity contribution < 1.29 is 14.2 Å². The van der Waals surface area contributed by atoms with Gasteiger partial charge in [-0.15, -0.1) is 0 Å². The number of aryl methyl sites for hydroxylation is 4. The number of carbonyl (C=O) groups excluding carboxylic acids is 2. The van der Waals surface area contributed by atoms with Gasteiger partial charge in [0.05, 0.1) is 0 Å². The van der Waals surface area contributed by atoms with Gasteiger partial charge in [0.25, 0.3) is 0 Å². The molecule has 0 unspecified atom stereocenters. The topological polar surface area (TPSA) is 38.0 Å². The smallest absolute Gasteiger partial charge is 0.227 e. The molecule has 37 heavy (non-hydrogen) atoms. The van der Waals surface area contributed by atoms with Gasteiger partial charge in [-0.05, 0) is 81.1 Å². The first-order valence-corrected chi connectivity index (χ1v) is 13.0. The van der Waals surface area contributed by atoms with Crippen molar-refractivity contribution in [2.75, 3.05) is 0 Å². The molecule has 0 radical (unpaired) electrons. The Bertz CT molecular complexity index is 1780. The van der Waals surface area contributed by atoms with Crippen LogP contribution in [0.15, 0.2) is 91.3 Å². The first kappa shape index (κ1) is 21.9. The summed E-state index contributed by atoms with van der Waals surface area (Å²) in [6, 6.07) is 24.7. The molecule has 0 spiro atoms. The summed E-state index contributed by atoms with van der Waals surface area (Å²) in [7, 11) is 0. The first-order chi connectivity index (χ1) is 18.2. The van der Waals surface area contributed by atoms with Crippen LogP contribution in [0.2, 0.25) is 0 Å². The van der Waals surface area contributed by atoms with Gasteiger partial charge in [-0.2, -0.15) is 4.57 Å². The molecule has 5 aromatic rings. The molecule has 1 aromatic heterocycles. The highest BCUT2D eigenvalue weighted by Gasteiger charge is 2.23. The van der Waals surface area contributed by atoms with Crippen LogP contribution in [-0.2, 0) is 32.2 Å². The first-order valence-electron chi connectivity index (χ1n) is 13.0. The molecule has 3 heteroatoms. The molecular weight excluding hydrogens is 454 g/mol. The van der Waals surface area contributed by atoms with Crippen LogP contribution in [0.3, 0.4) is 0 Å². The van der Waals surface area contributed by atoms with Gasteiger partial charge < -0.3 is 0 Å². The van der Waals surface area contributed by atoms with Crippen molar-refractivity contribution >= 4 is 39.2 Å². The minimum atomic E-state index is 0.0363. The predicted molar refractivity (Wildman–Crippen MR) is 147 cm³/mol. The normalized spacial score (nSPS) is 13.7. The fourth-order valence-electron chi connectivity index (χ4n) is 6.22. The summed E-state index contributed by atoms with van der Waals surface area (Å²) in [5.74, 6) is 0.167. The second kappa shape index (κ2) is 8.63. The van der Waals surface area contributed by atoms with Crippen molar-refractivity contribution in [1.29, 1.82) is 0 Å². The molecule has 0 fully saturated rings. The number of allylic oxidation sites excluding steroid dienone is 1. The monoisotopic (exact) mass is 480 g/mol. The maximum Gasteiger partial charge on any atom is 0.227 e. The standard InChI is InChI=1S/C34H26NO2/c36-31(27-12-8-23-3-1-5-25-10-14-29(27)33(23)25)16-7-22-17-19-35(20-18-22)21-32(37)28-13-9-24-4-2-6-26-11-15-30(28)34(24)26/h1-9,12-13,16-20H,10-11,14-15,21H2/q+1/b16-7+. The van der Waals surface area contributed by atoms with Gasteiger partial charge in [0, 0.05) is 23.3 Å². The number of hydrogen-bond donors (Lipinski definition) is 0. The van der Waals surface area contributed by atoms with Crippen LogP contribution < -0.4 is 4.57 Å². The molecule has 0 atom stereocenters. The molecule has 3 nitrogen and oxygen atoms in total. The fourth-order valence-corrected chi connectivity index (χ4v) is 6.22. The maximum absolute atomic E-state index is 13.2. The average molecular weight is 481 g/mol. The number of rotatable bonds is 6. The van der Waals surface area contributed by atoms with Gasteiger partial charge in [-0.3, -0.25) is 9.59 Å². The molecule has 4 aromatic carbocycles. The van der Waals surface area contributed by atoms with E-state index >= 15 is 0 Å². The van der Waals surface area contributed by atoms with Crippen molar-refractivity contribution in [2.45, 2.75) is 32.2 Å². The highest BCUT2D eigenvalue weighted by Crippen LogP contribution is 2.34. The third kappa shape index (κ3) is 3.70. The van der Waals surface area contributed by atoms with Crippen molar-refractivity contribution in [2.24, 2.45) is 0 Å². The number of ketones is 2. The summed E-state index contributed by atoms with van der Waals surface area (Å²) in [5, 5.41) is 4.96. The molecule has 0 aliphatic heterocycles. The zero-order valence-electron chi connectivity index (χ0n) is 20.5. The Labute approximate surface area is 215 Å². The van der Waals surface area contributed by atoms with Crippen LogP contribution in [-0.4, -0.2) is 11.6 Å². The Morgan fingerprint density at radius 2 is 1.27 bits per heavy atom. The number of Topliss-reactive ketones (excluding diaryl/α,β-unsaturated/α-hetero) is 1. The Balaban J connectivity index is 1.08. The maximum atomic E-state index is 13.2. The van der Waals surface area contributed by atoms with Gasteiger partial charge in [-0.25, -0.2) is 0 Å². The van der Waals surface area contributed by atoms with E-state index in [1.54, 1.807) is 6.08 Å². The lowest BCUT2D eigenvalue weighted by Gasteiger charge is -2.07. The molecule has 0 amide bonds. The largest absolute Gasteiger partial charge is 0.289 e. The Kier molecular flexibility index (Phi) is 5.10. The van der Waals surface area contributed by atoms with Gasteiger partial charge in [0.2, 0.25) is 12.3 Å². The summed E-state index contributed by atoms with van der Waals surface area (Å²) in [4.78, 5) is 26.3. The lowest BCUT2D eigenvalue weighted by molar-refractivity contribution is -0.683. The number of hydrogen-bond acceptors (Lipinski definition) is 2. The van der Waals surface area contributed by atoms with Crippen molar-refractivity contribution in [3.63, 3.8) is 0 Å². The lowest BCUT2D eigenvalue weighted by Crippen LogP contribution is -2.37. The molecule has 1 heterocycles. The molecular formula is C34H26NO2+. The molecule has 2 aliphatic carbocycles. The number of benzene rings is 4. The van der Waals surface area contributed by atoms with Crippen LogP contribution in [0.4, 0.5) is 0 Å². The summed E-state index contributed by atoms with van der Waals surface area (Å²) in [6.45, 7) is 0.298. The minimum absolute atomic E-state index is 0.0363. The number of pyridine rings is 1. The van der Waals surface area contributed by atoms with Crippen LogP contribution >= 0.6 is 0 Å². The van der Waals surface area contributed by atoms with Gasteiger partial charge in [-0.1, -0.05) is 66.7 Å². The Morgan fingerprint density at radius 1 is 0.676 bits per heavy atom. The van der Waals surface area contributed by atoms with Gasteiger partial charge >= 0.3 is 0 Å².